The number of amides is 1. The van der Waals surface area contributed by atoms with Gasteiger partial charge >= 0.3 is 6.01 Å². The third kappa shape index (κ3) is 2.81. The van der Waals surface area contributed by atoms with E-state index < -0.39 is 0 Å². The van der Waals surface area contributed by atoms with Crippen LogP contribution in [-0.2, 0) is 11.2 Å². The Kier molecular flexibility index (Phi) is 3.04. The summed E-state index contributed by atoms with van der Waals surface area (Å²) in [5.41, 5.74) is 7.09. The van der Waals surface area contributed by atoms with Crippen molar-refractivity contribution in [1.82, 2.24) is 10.2 Å². The Morgan fingerprint density at radius 2 is 2.18 bits per heavy atom. The molecule has 0 atom stereocenters. The molecule has 1 heterocycles. The van der Waals surface area contributed by atoms with Gasteiger partial charge in [0, 0.05) is 12.6 Å². The van der Waals surface area contributed by atoms with Crippen molar-refractivity contribution in [2.24, 2.45) is 0 Å². The normalized spacial score (nSPS) is 10.2. The predicted molar refractivity (Wildman–Crippen MR) is 62.2 cm³/mol. The predicted octanol–water partition coefficient (Wildman–Crippen LogP) is 1.14. The lowest BCUT2D eigenvalue weighted by Gasteiger charge is -2.03. The fourth-order valence-corrected chi connectivity index (χ4v) is 1.38. The molecule has 1 aromatic carbocycles. The number of nitrogens with zero attached hydrogens (tertiary/aromatic N) is 2. The molecule has 3 N–H and O–H groups in total. The maximum absolute atomic E-state index is 11.6. The average molecular weight is 232 g/mol. The zero-order valence-electron chi connectivity index (χ0n) is 9.30. The molecule has 0 saturated heterocycles. The number of carbonyl (C=O) groups is 1. The maximum Gasteiger partial charge on any atom is 0.322 e. The summed E-state index contributed by atoms with van der Waals surface area (Å²) in [5.74, 6) is 0.158. The number of nitrogens with two attached hydrogens (primary N) is 1. The van der Waals surface area contributed by atoms with Crippen molar-refractivity contribution in [2.75, 3.05) is 11.1 Å². The molecule has 17 heavy (non-hydrogen) atoms. The fourth-order valence-electron chi connectivity index (χ4n) is 1.38. The first-order chi connectivity index (χ1) is 8.15. The molecule has 2 aromatic rings. The molecular weight excluding hydrogens is 220 g/mol. The number of hydrogen-bond donors (Lipinski definition) is 2. The molecule has 0 aliphatic carbocycles. The Hall–Kier alpha value is -2.37. The largest absolute Gasteiger partial charge is 0.408 e. The minimum atomic E-state index is -0.244. The van der Waals surface area contributed by atoms with Crippen molar-refractivity contribution >= 4 is 17.6 Å². The summed E-state index contributed by atoms with van der Waals surface area (Å²) in [6.45, 7) is 1.65. The van der Waals surface area contributed by atoms with E-state index in [0.717, 1.165) is 5.56 Å². The van der Waals surface area contributed by atoms with Crippen LogP contribution in [0.3, 0.4) is 0 Å². The summed E-state index contributed by atoms with van der Waals surface area (Å²) in [6, 6.07) is 7.29. The molecule has 0 unspecified atom stereocenters. The molecule has 88 valence electrons. The van der Waals surface area contributed by atoms with Crippen molar-refractivity contribution in [1.29, 1.82) is 0 Å². The zero-order valence-corrected chi connectivity index (χ0v) is 9.30. The van der Waals surface area contributed by atoms with E-state index in [1.165, 1.54) is 0 Å². The Labute approximate surface area is 97.8 Å². The lowest BCUT2D eigenvalue weighted by atomic mass is 10.1. The highest BCUT2D eigenvalue weighted by atomic mass is 16.4. The van der Waals surface area contributed by atoms with Gasteiger partial charge in [0.1, 0.15) is 0 Å². The van der Waals surface area contributed by atoms with Crippen LogP contribution in [-0.4, -0.2) is 16.1 Å². The van der Waals surface area contributed by atoms with E-state index in [9.17, 15) is 4.79 Å². The van der Waals surface area contributed by atoms with Gasteiger partial charge < -0.3 is 10.2 Å². The molecule has 0 saturated carbocycles. The molecule has 0 bridgehead atoms. The fraction of sp³-hybridized carbons (Fsp3) is 0.182. The topological polar surface area (TPSA) is 94.0 Å². The summed E-state index contributed by atoms with van der Waals surface area (Å²) < 4.78 is 5.04. The van der Waals surface area contributed by atoms with Gasteiger partial charge in [0.15, 0.2) is 0 Å². The van der Waals surface area contributed by atoms with Crippen LogP contribution in [0.5, 0.6) is 0 Å². The number of hydrogen-bond acceptors (Lipinski definition) is 5. The highest BCUT2D eigenvalue weighted by Gasteiger charge is 2.09. The molecule has 6 heteroatoms. The van der Waals surface area contributed by atoms with E-state index in [1.54, 1.807) is 19.1 Å². The van der Waals surface area contributed by atoms with E-state index in [4.69, 9.17) is 10.2 Å². The number of para-hydroxylation sites is 1. The summed E-state index contributed by atoms with van der Waals surface area (Å²) in [7, 11) is 0. The molecule has 0 fully saturated rings. The van der Waals surface area contributed by atoms with Crippen LogP contribution in [0.2, 0.25) is 0 Å². The van der Waals surface area contributed by atoms with Crippen molar-refractivity contribution in [2.45, 2.75) is 13.3 Å². The molecule has 0 aliphatic rings. The average Bonchev–Trinajstić information content (AvgIpc) is 2.67. The minimum Gasteiger partial charge on any atom is -0.408 e. The monoisotopic (exact) mass is 232 g/mol. The van der Waals surface area contributed by atoms with Gasteiger partial charge in [-0.3, -0.25) is 10.1 Å². The number of nitrogens with one attached hydrogen (secondary N) is 1. The van der Waals surface area contributed by atoms with E-state index in [1.807, 2.05) is 12.1 Å². The molecule has 6 nitrogen and oxygen atoms in total. The van der Waals surface area contributed by atoms with Gasteiger partial charge in [-0.05, 0) is 11.6 Å². The third-order valence-corrected chi connectivity index (χ3v) is 2.18. The minimum absolute atomic E-state index is 0.0991. The van der Waals surface area contributed by atoms with Gasteiger partial charge in [-0.2, -0.15) is 0 Å². The summed E-state index contributed by atoms with van der Waals surface area (Å²) >= 11 is 0. The van der Waals surface area contributed by atoms with Crippen molar-refractivity contribution in [3.05, 3.63) is 35.7 Å². The maximum atomic E-state index is 11.6. The first kappa shape index (κ1) is 11.1. The van der Waals surface area contributed by atoms with E-state index in [0.29, 0.717) is 11.6 Å². The van der Waals surface area contributed by atoms with Gasteiger partial charge in [0.25, 0.3) is 0 Å². The molecule has 1 amide bonds. The second kappa shape index (κ2) is 4.65. The highest BCUT2D eigenvalue weighted by molar-refractivity contribution is 5.91. The van der Waals surface area contributed by atoms with Crippen LogP contribution in [0.4, 0.5) is 11.7 Å². The van der Waals surface area contributed by atoms with Gasteiger partial charge in [-0.15, -0.1) is 5.10 Å². The van der Waals surface area contributed by atoms with Crippen LogP contribution >= 0.6 is 0 Å². The Morgan fingerprint density at radius 3 is 2.82 bits per heavy atom. The Bertz CT molecular complexity index is 536. The smallest absolute Gasteiger partial charge is 0.322 e. The molecule has 0 spiro atoms. The van der Waals surface area contributed by atoms with Crippen LogP contribution in [0.25, 0.3) is 0 Å². The second-order valence-electron chi connectivity index (χ2n) is 3.55. The van der Waals surface area contributed by atoms with E-state index in [-0.39, 0.29) is 18.3 Å². The quantitative estimate of drug-likeness (QED) is 0.774. The van der Waals surface area contributed by atoms with Gasteiger partial charge in [0.2, 0.25) is 11.8 Å². The van der Waals surface area contributed by atoms with E-state index >= 15 is 0 Å². The number of anilines is 2. The Morgan fingerprint density at radius 1 is 1.41 bits per heavy atom. The summed E-state index contributed by atoms with van der Waals surface area (Å²) in [6.07, 6.45) is 0.175. The van der Waals surface area contributed by atoms with Crippen molar-refractivity contribution in [3.63, 3.8) is 0 Å². The number of aromatic nitrogens is 2. The Balaban J connectivity index is 2.01. The van der Waals surface area contributed by atoms with E-state index in [2.05, 4.69) is 15.5 Å². The molecule has 0 radical (unpaired) electrons. The number of rotatable bonds is 3. The van der Waals surface area contributed by atoms with Gasteiger partial charge in [-0.1, -0.05) is 23.3 Å². The third-order valence-electron chi connectivity index (χ3n) is 2.18. The zero-order chi connectivity index (χ0) is 12.3. The van der Waals surface area contributed by atoms with Crippen molar-refractivity contribution < 1.29 is 9.21 Å². The first-order valence-electron chi connectivity index (χ1n) is 5.08. The highest BCUT2D eigenvalue weighted by Crippen LogP contribution is 2.12. The number of benzene rings is 1. The first-order valence-corrected chi connectivity index (χ1v) is 5.08. The lowest BCUT2D eigenvalue weighted by molar-refractivity contribution is -0.115. The van der Waals surface area contributed by atoms with Crippen LogP contribution in [0, 0.1) is 6.92 Å². The number of nitrogen functional groups attached to an aromatic ring is 1. The lowest BCUT2D eigenvalue weighted by Crippen LogP contribution is -2.15. The molecule has 1 aromatic heterocycles. The number of aryl methyl sites for hydroxylation is 1. The standard InChI is InChI=1S/C11H12N4O2/c1-7-14-15-11(17-7)13-10(16)6-8-4-2-3-5-9(8)12/h2-5H,6,12H2,1H3,(H,13,15,16). The second-order valence-corrected chi connectivity index (χ2v) is 3.55. The SMILES string of the molecule is Cc1nnc(NC(=O)Cc2ccccc2N)o1. The number of carbonyl (C=O) groups excluding carboxylic acids is 1. The molecule has 2 rings (SSSR count). The molecule has 0 aliphatic heterocycles. The van der Waals surface area contributed by atoms with Gasteiger partial charge in [-0.25, -0.2) is 0 Å². The van der Waals surface area contributed by atoms with Crippen molar-refractivity contribution in [3.8, 4) is 0 Å². The summed E-state index contributed by atoms with van der Waals surface area (Å²) in [5, 5.41) is 9.78. The van der Waals surface area contributed by atoms with Crippen LogP contribution in [0.1, 0.15) is 11.5 Å². The van der Waals surface area contributed by atoms with Crippen LogP contribution < -0.4 is 11.1 Å². The summed E-state index contributed by atoms with van der Waals surface area (Å²) in [4.78, 5) is 11.6. The molecular formula is C11H12N4O2. The van der Waals surface area contributed by atoms with Gasteiger partial charge in [0.05, 0.1) is 6.42 Å². The van der Waals surface area contributed by atoms with Crippen LogP contribution in [0.15, 0.2) is 28.7 Å².